The van der Waals surface area contributed by atoms with Crippen LogP contribution in [0.1, 0.15) is 46.5 Å². The largest absolute Gasteiger partial charge is 0.462 e. The predicted molar refractivity (Wildman–Crippen MR) is 98.8 cm³/mol. The Balaban J connectivity index is 1.34. The Morgan fingerprint density at radius 3 is 2.65 bits per heavy atom. The monoisotopic (exact) mass is 362 g/mol. The van der Waals surface area contributed by atoms with Gasteiger partial charge in [-0.1, -0.05) is 27.2 Å². The summed E-state index contributed by atoms with van der Waals surface area (Å²) in [5.41, 5.74) is 0.220. The molecule has 1 spiro atoms. The van der Waals surface area contributed by atoms with E-state index >= 15 is 0 Å². The number of nitrogens with zero attached hydrogens (tertiary/aromatic N) is 2. The zero-order valence-corrected chi connectivity index (χ0v) is 16.6. The molecule has 5 nitrogen and oxygen atoms in total. The van der Waals surface area contributed by atoms with Gasteiger partial charge in [0.2, 0.25) is 0 Å². The number of likely N-dealkylation sites (N-methyl/N-ethyl adjacent to an activating group) is 1. The normalized spacial score (nSPS) is 51.3. The SMILES string of the molecule is CCN1CCN(C[C@H]2C(=O)O[C@@H]3C[C@@]4(C)CCC[C@H](C)[C@]45O[C@@H]5[C@@H]32)CC1. The highest BCUT2D eigenvalue weighted by Gasteiger charge is 2.78. The molecule has 0 amide bonds. The second kappa shape index (κ2) is 5.92. The summed E-state index contributed by atoms with van der Waals surface area (Å²) < 4.78 is 12.5. The van der Waals surface area contributed by atoms with Crippen molar-refractivity contribution in [1.82, 2.24) is 9.80 Å². The molecule has 0 aromatic rings. The van der Waals surface area contributed by atoms with Gasteiger partial charge >= 0.3 is 5.97 Å². The number of carbonyl (C=O) groups is 1. The van der Waals surface area contributed by atoms with Crippen molar-refractivity contribution in [3.8, 4) is 0 Å². The van der Waals surface area contributed by atoms with Crippen LogP contribution in [0.2, 0.25) is 0 Å². The van der Waals surface area contributed by atoms with Gasteiger partial charge in [0.1, 0.15) is 11.7 Å². The molecule has 5 heteroatoms. The lowest BCUT2D eigenvalue weighted by Crippen LogP contribution is -2.55. The van der Waals surface area contributed by atoms with Gasteiger partial charge in [-0.3, -0.25) is 9.69 Å². The lowest BCUT2D eigenvalue weighted by atomic mass is 9.53. The van der Waals surface area contributed by atoms with Gasteiger partial charge in [0.25, 0.3) is 0 Å². The van der Waals surface area contributed by atoms with Gasteiger partial charge < -0.3 is 14.4 Å². The van der Waals surface area contributed by atoms with Crippen molar-refractivity contribution in [3.05, 3.63) is 0 Å². The maximum atomic E-state index is 12.8. The Morgan fingerprint density at radius 2 is 1.92 bits per heavy atom. The number of hydrogen-bond acceptors (Lipinski definition) is 5. The lowest BCUT2D eigenvalue weighted by Gasteiger charge is -2.49. The number of ether oxygens (including phenoxy) is 2. The van der Waals surface area contributed by atoms with E-state index in [1.807, 2.05) is 0 Å². The molecule has 3 saturated heterocycles. The van der Waals surface area contributed by atoms with Crippen LogP contribution in [-0.2, 0) is 14.3 Å². The standard InChI is InChI=1S/C21H34N2O3/c1-4-22-8-10-23(11-9-22)13-15-17-16(25-19(15)24)12-20(3)7-5-6-14(2)21(20)18(17)26-21/h14-18H,4-13H2,1-3H3/t14-,15+,16+,17+,18+,20+,21+/m0/s1. The van der Waals surface area contributed by atoms with E-state index in [1.165, 1.54) is 19.3 Å². The molecular formula is C21H34N2O3. The molecule has 5 aliphatic rings. The van der Waals surface area contributed by atoms with E-state index in [9.17, 15) is 4.79 Å². The highest BCUT2D eigenvalue weighted by Crippen LogP contribution is 2.70. The van der Waals surface area contributed by atoms with Crippen molar-refractivity contribution in [3.63, 3.8) is 0 Å². The van der Waals surface area contributed by atoms with Crippen molar-refractivity contribution in [2.75, 3.05) is 39.3 Å². The minimum atomic E-state index is 0.0104. The quantitative estimate of drug-likeness (QED) is 0.569. The molecule has 0 N–H and O–H groups in total. The Morgan fingerprint density at radius 1 is 1.19 bits per heavy atom. The third kappa shape index (κ3) is 2.29. The number of hydrogen-bond donors (Lipinski definition) is 0. The summed E-state index contributed by atoms with van der Waals surface area (Å²) in [6.07, 6.45) is 5.10. The fourth-order valence-corrected chi connectivity index (χ4v) is 7.01. The molecular weight excluding hydrogens is 328 g/mol. The Hall–Kier alpha value is -0.650. The van der Waals surface area contributed by atoms with E-state index < -0.39 is 0 Å². The number of epoxide rings is 1. The fourth-order valence-electron chi connectivity index (χ4n) is 7.01. The number of esters is 1. The number of carbonyl (C=O) groups excluding carboxylic acids is 1. The third-order valence-electron chi connectivity index (χ3n) is 8.56. The zero-order valence-electron chi connectivity index (χ0n) is 16.6. The van der Waals surface area contributed by atoms with E-state index in [2.05, 4.69) is 30.6 Å². The minimum Gasteiger partial charge on any atom is -0.462 e. The molecule has 0 aromatic heterocycles. The maximum Gasteiger partial charge on any atom is 0.311 e. The molecule has 2 saturated carbocycles. The second-order valence-electron chi connectivity index (χ2n) is 9.78. The highest BCUT2D eigenvalue weighted by molar-refractivity contribution is 5.76. The third-order valence-corrected chi connectivity index (χ3v) is 8.56. The average Bonchev–Trinajstić information content (AvgIpc) is 3.31. The Bertz CT molecular complexity index is 590. The number of rotatable bonds is 3. The van der Waals surface area contributed by atoms with Gasteiger partial charge in [0, 0.05) is 44.1 Å². The van der Waals surface area contributed by atoms with Crippen molar-refractivity contribution in [2.45, 2.75) is 64.3 Å². The van der Waals surface area contributed by atoms with Crippen LogP contribution in [0, 0.1) is 23.2 Å². The summed E-state index contributed by atoms with van der Waals surface area (Å²) in [6, 6.07) is 0. The van der Waals surface area contributed by atoms with E-state index in [4.69, 9.17) is 9.47 Å². The molecule has 26 heavy (non-hydrogen) atoms. The molecule has 0 bridgehead atoms. The van der Waals surface area contributed by atoms with Crippen LogP contribution < -0.4 is 0 Å². The predicted octanol–water partition coefficient (Wildman–Crippen LogP) is 2.15. The van der Waals surface area contributed by atoms with E-state index in [-0.39, 0.29) is 41.0 Å². The first-order valence-electron chi connectivity index (χ1n) is 10.8. The summed E-state index contributed by atoms with van der Waals surface area (Å²) in [6.45, 7) is 13.3. The van der Waals surface area contributed by atoms with E-state index in [1.54, 1.807) is 0 Å². The van der Waals surface area contributed by atoms with Gasteiger partial charge in [-0.05, 0) is 31.7 Å². The molecule has 5 fully saturated rings. The van der Waals surface area contributed by atoms with Crippen LogP contribution in [0.3, 0.4) is 0 Å². The first kappa shape index (κ1) is 17.4. The van der Waals surface area contributed by atoms with Crippen molar-refractivity contribution < 1.29 is 14.3 Å². The van der Waals surface area contributed by atoms with Crippen LogP contribution in [0.15, 0.2) is 0 Å². The first-order valence-corrected chi connectivity index (χ1v) is 10.8. The van der Waals surface area contributed by atoms with Crippen molar-refractivity contribution in [2.24, 2.45) is 23.2 Å². The topological polar surface area (TPSA) is 45.3 Å². The molecule has 0 radical (unpaired) electrons. The second-order valence-corrected chi connectivity index (χ2v) is 9.78. The smallest absolute Gasteiger partial charge is 0.311 e. The van der Waals surface area contributed by atoms with Gasteiger partial charge in [-0.2, -0.15) is 0 Å². The Kier molecular flexibility index (Phi) is 3.97. The zero-order chi connectivity index (χ0) is 18.1. The Labute approximate surface area is 157 Å². The van der Waals surface area contributed by atoms with Crippen LogP contribution >= 0.6 is 0 Å². The van der Waals surface area contributed by atoms with Gasteiger partial charge in [0.15, 0.2) is 0 Å². The molecule has 146 valence electrons. The number of piperazine rings is 1. The first-order chi connectivity index (χ1) is 12.5. The molecule has 5 rings (SSSR count). The van der Waals surface area contributed by atoms with Gasteiger partial charge in [0.05, 0.1) is 12.0 Å². The summed E-state index contributed by atoms with van der Waals surface area (Å²) in [4.78, 5) is 17.7. The highest BCUT2D eigenvalue weighted by atomic mass is 16.6. The summed E-state index contributed by atoms with van der Waals surface area (Å²) >= 11 is 0. The molecule has 7 atom stereocenters. The lowest BCUT2D eigenvalue weighted by molar-refractivity contribution is -0.146. The summed E-state index contributed by atoms with van der Waals surface area (Å²) in [5, 5.41) is 0. The van der Waals surface area contributed by atoms with Crippen molar-refractivity contribution >= 4 is 5.97 Å². The van der Waals surface area contributed by atoms with Gasteiger partial charge in [-0.15, -0.1) is 0 Å². The van der Waals surface area contributed by atoms with Crippen LogP contribution in [-0.4, -0.2) is 72.8 Å². The maximum absolute atomic E-state index is 12.8. The molecule has 3 heterocycles. The summed E-state index contributed by atoms with van der Waals surface area (Å²) in [5.74, 6) is 0.937. The molecule has 3 aliphatic heterocycles. The fraction of sp³-hybridized carbons (Fsp3) is 0.952. The van der Waals surface area contributed by atoms with Crippen molar-refractivity contribution in [1.29, 1.82) is 0 Å². The molecule has 2 aliphatic carbocycles. The average molecular weight is 363 g/mol. The van der Waals surface area contributed by atoms with Gasteiger partial charge in [-0.25, -0.2) is 0 Å². The number of fused-ring (bicyclic) bond motifs is 2. The van der Waals surface area contributed by atoms with E-state index in [0.717, 1.165) is 45.7 Å². The molecule has 0 unspecified atom stereocenters. The van der Waals surface area contributed by atoms with Crippen LogP contribution in [0.25, 0.3) is 0 Å². The van der Waals surface area contributed by atoms with Crippen LogP contribution in [0.5, 0.6) is 0 Å². The van der Waals surface area contributed by atoms with E-state index in [0.29, 0.717) is 5.92 Å². The minimum absolute atomic E-state index is 0.0104. The van der Waals surface area contributed by atoms with Crippen LogP contribution in [0.4, 0.5) is 0 Å². The summed E-state index contributed by atoms with van der Waals surface area (Å²) in [7, 11) is 0. The molecule has 0 aromatic carbocycles.